The Morgan fingerprint density at radius 3 is 2.42 bits per heavy atom. The first kappa shape index (κ1) is 15.0. The quantitative estimate of drug-likeness (QED) is 0.737. The van der Waals surface area contributed by atoms with Crippen LogP contribution in [0.1, 0.15) is 37.0 Å². The summed E-state index contributed by atoms with van der Waals surface area (Å²) in [4.78, 5) is 23.3. The van der Waals surface area contributed by atoms with E-state index in [0.29, 0.717) is 24.3 Å². The fourth-order valence-electron chi connectivity index (χ4n) is 1.49. The molecule has 0 aliphatic carbocycles. The molecule has 1 rings (SSSR count). The van der Waals surface area contributed by atoms with Crippen LogP contribution in [0.2, 0.25) is 0 Å². The summed E-state index contributed by atoms with van der Waals surface area (Å²) in [7, 11) is 0. The fourth-order valence-corrected chi connectivity index (χ4v) is 1.49. The fraction of sp³-hybridized carbons (Fsp3) is 0.429. The normalized spacial score (nSPS) is 9.79. The van der Waals surface area contributed by atoms with Gasteiger partial charge < -0.3 is 16.0 Å². The van der Waals surface area contributed by atoms with Crippen LogP contribution in [0.5, 0.6) is 0 Å². The molecule has 0 saturated heterocycles. The molecule has 1 aromatic rings. The van der Waals surface area contributed by atoms with Gasteiger partial charge >= 0.3 is 6.03 Å². The number of amides is 3. The Hall–Kier alpha value is -2.04. The minimum absolute atomic E-state index is 0.125. The van der Waals surface area contributed by atoms with Crippen LogP contribution < -0.4 is 16.0 Å². The van der Waals surface area contributed by atoms with Gasteiger partial charge in [-0.15, -0.1) is 0 Å². The second-order valence-electron chi connectivity index (χ2n) is 4.22. The van der Waals surface area contributed by atoms with Crippen LogP contribution in [-0.4, -0.2) is 25.0 Å². The Bertz CT molecular complexity index is 432. The molecule has 0 saturated carbocycles. The lowest BCUT2D eigenvalue weighted by molar-refractivity contribution is 0.0953. The van der Waals surface area contributed by atoms with E-state index >= 15 is 0 Å². The second kappa shape index (κ2) is 8.13. The maximum Gasteiger partial charge on any atom is 0.319 e. The molecule has 1 aromatic carbocycles. The van der Waals surface area contributed by atoms with Crippen LogP contribution in [0.15, 0.2) is 24.3 Å². The molecule has 0 unspecified atom stereocenters. The predicted molar refractivity (Wildman–Crippen MR) is 76.4 cm³/mol. The molecule has 0 spiro atoms. The average molecular weight is 263 g/mol. The van der Waals surface area contributed by atoms with Crippen molar-refractivity contribution in [1.82, 2.24) is 10.6 Å². The first-order chi connectivity index (χ1) is 9.17. The zero-order chi connectivity index (χ0) is 14.1. The van der Waals surface area contributed by atoms with E-state index in [2.05, 4.69) is 16.0 Å². The van der Waals surface area contributed by atoms with E-state index in [9.17, 15) is 9.59 Å². The van der Waals surface area contributed by atoms with Crippen LogP contribution >= 0.6 is 0 Å². The molecule has 0 aliphatic heterocycles. The monoisotopic (exact) mass is 263 g/mol. The highest BCUT2D eigenvalue weighted by molar-refractivity contribution is 5.96. The Kier molecular flexibility index (Phi) is 6.43. The third-order valence-corrected chi connectivity index (χ3v) is 2.45. The highest BCUT2D eigenvalue weighted by atomic mass is 16.2. The number of nitrogens with one attached hydrogen (secondary N) is 3. The van der Waals surface area contributed by atoms with Crippen molar-refractivity contribution in [1.29, 1.82) is 0 Å². The number of carbonyl (C=O) groups is 2. The lowest BCUT2D eigenvalue weighted by Crippen LogP contribution is -2.29. The number of hydrogen-bond donors (Lipinski definition) is 3. The highest BCUT2D eigenvalue weighted by Gasteiger charge is 2.06. The third kappa shape index (κ3) is 5.42. The number of hydrogen-bond acceptors (Lipinski definition) is 2. The van der Waals surface area contributed by atoms with Crippen LogP contribution in [0.3, 0.4) is 0 Å². The number of rotatable bonds is 6. The van der Waals surface area contributed by atoms with E-state index in [1.165, 1.54) is 0 Å². The van der Waals surface area contributed by atoms with Crippen molar-refractivity contribution in [2.75, 3.05) is 18.4 Å². The molecule has 5 heteroatoms. The van der Waals surface area contributed by atoms with Crippen LogP contribution in [0.25, 0.3) is 0 Å². The van der Waals surface area contributed by atoms with Gasteiger partial charge in [-0.1, -0.05) is 19.9 Å². The average Bonchev–Trinajstić information content (AvgIpc) is 2.42. The second-order valence-corrected chi connectivity index (χ2v) is 4.22. The number of carbonyl (C=O) groups excluding carboxylic acids is 2. The molecule has 3 amide bonds. The molecule has 3 N–H and O–H groups in total. The molecule has 104 valence electrons. The SMILES string of the molecule is CCCNC(=O)Nc1cccc(C(=O)NCCC)c1. The zero-order valence-electron chi connectivity index (χ0n) is 11.5. The summed E-state index contributed by atoms with van der Waals surface area (Å²) < 4.78 is 0. The lowest BCUT2D eigenvalue weighted by atomic mass is 10.2. The van der Waals surface area contributed by atoms with Gasteiger partial charge in [-0.2, -0.15) is 0 Å². The van der Waals surface area contributed by atoms with Gasteiger partial charge in [-0.25, -0.2) is 4.79 Å². The molecular formula is C14H21N3O2. The molecule has 0 bridgehead atoms. The lowest BCUT2D eigenvalue weighted by Gasteiger charge is -2.08. The first-order valence-electron chi connectivity index (χ1n) is 6.60. The highest BCUT2D eigenvalue weighted by Crippen LogP contribution is 2.10. The predicted octanol–water partition coefficient (Wildman–Crippen LogP) is 2.36. The van der Waals surface area contributed by atoms with Crippen molar-refractivity contribution in [3.63, 3.8) is 0 Å². The van der Waals surface area contributed by atoms with E-state index in [0.717, 1.165) is 12.8 Å². The molecule has 0 atom stereocenters. The molecule has 0 aliphatic rings. The van der Waals surface area contributed by atoms with Gasteiger partial charge in [-0.3, -0.25) is 4.79 Å². The Labute approximate surface area is 113 Å². The van der Waals surface area contributed by atoms with Crippen molar-refractivity contribution in [3.05, 3.63) is 29.8 Å². The minimum atomic E-state index is -0.257. The topological polar surface area (TPSA) is 70.2 Å². The van der Waals surface area contributed by atoms with Crippen molar-refractivity contribution < 1.29 is 9.59 Å². The van der Waals surface area contributed by atoms with E-state index in [1.54, 1.807) is 24.3 Å². The van der Waals surface area contributed by atoms with Gasteiger partial charge in [0.05, 0.1) is 0 Å². The summed E-state index contributed by atoms with van der Waals surface area (Å²) in [5.41, 5.74) is 1.15. The van der Waals surface area contributed by atoms with E-state index in [4.69, 9.17) is 0 Å². The van der Waals surface area contributed by atoms with Gasteiger partial charge in [-0.05, 0) is 31.0 Å². The third-order valence-electron chi connectivity index (χ3n) is 2.45. The molecule has 0 heterocycles. The smallest absolute Gasteiger partial charge is 0.319 e. The Morgan fingerprint density at radius 1 is 1.05 bits per heavy atom. The van der Waals surface area contributed by atoms with Crippen molar-refractivity contribution in [3.8, 4) is 0 Å². The summed E-state index contributed by atoms with van der Waals surface area (Å²) in [6, 6.07) is 6.63. The van der Waals surface area contributed by atoms with Crippen molar-refractivity contribution >= 4 is 17.6 Å². The zero-order valence-corrected chi connectivity index (χ0v) is 11.5. The largest absolute Gasteiger partial charge is 0.352 e. The van der Waals surface area contributed by atoms with E-state index < -0.39 is 0 Å². The standard InChI is InChI=1S/C14H21N3O2/c1-3-8-15-13(18)11-6-5-7-12(10-11)17-14(19)16-9-4-2/h5-7,10H,3-4,8-9H2,1-2H3,(H,15,18)(H2,16,17,19). The number of urea groups is 1. The van der Waals surface area contributed by atoms with Crippen LogP contribution in [0, 0.1) is 0 Å². The molecule has 5 nitrogen and oxygen atoms in total. The summed E-state index contributed by atoms with van der Waals surface area (Å²) in [6.45, 7) is 5.26. The maximum absolute atomic E-state index is 11.8. The van der Waals surface area contributed by atoms with Crippen molar-refractivity contribution in [2.24, 2.45) is 0 Å². The summed E-state index contributed by atoms with van der Waals surface area (Å²) in [5.74, 6) is -0.125. The maximum atomic E-state index is 11.8. The van der Waals surface area contributed by atoms with E-state index in [1.807, 2.05) is 13.8 Å². The molecule has 0 fully saturated rings. The Morgan fingerprint density at radius 2 is 1.74 bits per heavy atom. The summed E-state index contributed by atoms with van der Waals surface area (Å²) in [5, 5.41) is 8.21. The van der Waals surface area contributed by atoms with Gasteiger partial charge in [0, 0.05) is 24.3 Å². The number of anilines is 1. The molecule has 0 aromatic heterocycles. The van der Waals surface area contributed by atoms with Crippen LogP contribution in [-0.2, 0) is 0 Å². The number of benzene rings is 1. The van der Waals surface area contributed by atoms with E-state index in [-0.39, 0.29) is 11.9 Å². The first-order valence-corrected chi connectivity index (χ1v) is 6.60. The van der Waals surface area contributed by atoms with Crippen molar-refractivity contribution in [2.45, 2.75) is 26.7 Å². The van der Waals surface area contributed by atoms with Gasteiger partial charge in [0.15, 0.2) is 0 Å². The molecule has 0 radical (unpaired) electrons. The summed E-state index contributed by atoms with van der Waals surface area (Å²) in [6.07, 6.45) is 1.77. The van der Waals surface area contributed by atoms with Crippen LogP contribution in [0.4, 0.5) is 10.5 Å². The van der Waals surface area contributed by atoms with Gasteiger partial charge in [0.2, 0.25) is 0 Å². The molecule has 19 heavy (non-hydrogen) atoms. The minimum Gasteiger partial charge on any atom is -0.352 e. The van der Waals surface area contributed by atoms with Gasteiger partial charge in [0.25, 0.3) is 5.91 Å². The summed E-state index contributed by atoms with van der Waals surface area (Å²) >= 11 is 0. The molecular weight excluding hydrogens is 242 g/mol. The Balaban J connectivity index is 2.61. The van der Waals surface area contributed by atoms with Gasteiger partial charge in [0.1, 0.15) is 0 Å².